The van der Waals surface area contributed by atoms with Gasteiger partial charge in [-0.2, -0.15) is 0 Å². The molecule has 24 heavy (non-hydrogen) atoms. The van der Waals surface area contributed by atoms with Gasteiger partial charge in [-0.1, -0.05) is 23.1 Å². The Morgan fingerprint density at radius 3 is 2.96 bits per heavy atom. The van der Waals surface area contributed by atoms with Gasteiger partial charge in [-0.05, 0) is 18.6 Å². The van der Waals surface area contributed by atoms with E-state index in [2.05, 4.69) is 15.2 Å². The summed E-state index contributed by atoms with van der Waals surface area (Å²) < 4.78 is 6.33. The predicted octanol–water partition coefficient (Wildman–Crippen LogP) is 1.89. The fourth-order valence-corrected chi connectivity index (χ4v) is 4.77. The van der Waals surface area contributed by atoms with E-state index in [0.29, 0.717) is 13.1 Å². The number of carbonyl (C=O) groups is 2. The van der Waals surface area contributed by atoms with Crippen molar-refractivity contribution >= 4 is 49.5 Å². The number of benzene rings is 1. The summed E-state index contributed by atoms with van der Waals surface area (Å²) in [6.45, 7) is 1.30. The predicted molar refractivity (Wildman–Crippen MR) is 95.9 cm³/mol. The standard InChI is InChI=1S/C16H17N3O3S2/c1-22-10-2-3-13-12(6-10)18-16(24-13)19-7-9(8-19)14(20)17-11-4-5-23-15(11)21/h2-3,6,9,11H,4-5,7-8H2,1H3,(H,17,20). The number of nitrogens with zero attached hydrogens (tertiary/aromatic N) is 2. The van der Waals surface area contributed by atoms with E-state index in [9.17, 15) is 9.59 Å². The Balaban J connectivity index is 1.38. The molecule has 4 rings (SSSR count). The van der Waals surface area contributed by atoms with Crippen molar-refractivity contribution in [3.05, 3.63) is 18.2 Å². The van der Waals surface area contributed by atoms with E-state index in [4.69, 9.17) is 4.74 Å². The molecule has 0 aliphatic carbocycles. The first-order valence-electron chi connectivity index (χ1n) is 7.80. The van der Waals surface area contributed by atoms with Gasteiger partial charge in [0, 0.05) is 24.9 Å². The number of nitrogens with one attached hydrogen (secondary N) is 1. The number of rotatable bonds is 4. The Hall–Kier alpha value is -1.80. The lowest BCUT2D eigenvalue weighted by molar-refractivity contribution is -0.128. The summed E-state index contributed by atoms with van der Waals surface area (Å²) in [6, 6.07) is 5.55. The molecule has 0 saturated carbocycles. The molecular formula is C16H17N3O3S2. The zero-order valence-corrected chi connectivity index (χ0v) is 14.8. The lowest BCUT2D eigenvalue weighted by Crippen LogP contribution is -2.55. The number of thiazole rings is 1. The minimum atomic E-state index is -0.300. The third kappa shape index (κ3) is 2.84. The van der Waals surface area contributed by atoms with E-state index in [1.165, 1.54) is 11.8 Å². The SMILES string of the molecule is COc1ccc2sc(N3CC(C(=O)NC4CCSC4=O)C3)nc2c1. The van der Waals surface area contributed by atoms with Gasteiger partial charge in [0.15, 0.2) is 5.13 Å². The molecule has 2 saturated heterocycles. The molecule has 0 bridgehead atoms. The smallest absolute Gasteiger partial charge is 0.227 e. The van der Waals surface area contributed by atoms with Crippen molar-refractivity contribution < 1.29 is 14.3 Å². The fraction of sp³-hybridized carbons (Fsp3) is 0.438. The number of carbonyl (C=O) groups excluding carboxylic acids is 2. The number of thioether (sulfide) groups is 1. The van der Waals surface area contributed by atoms with Gasteiger partial charge >= 0.3 is 0 Å². The van der Waals surface area contributed by atoms with E-state index in [-0.39, 0.29) is 23.0 Å². The Labute approximate surface area is 147 Å². The minimum absolute atomic E-state index is 0.0186. The van der Waals surface area contributed by atoms with Gasteiger partial charge in [0.1, 0.15) is 5.75 Å². The summed E-state index contributed by atoms with van der Waals surface area (Å²) in [5.74, 6) is 1.51. The topological polar surface area (TPSA) is 71.5 Å². The summed E-state index contributed by atoms with van der Waals surface area (Å²) in [5, 5.41) is 3.88. The van der Waals surface area contributed by atoms with E-state index >= 15 is 0 Å². The number of aromatic nitrogens is 1. The van der Waals surface area contributed by atoms with Gasteiger partial charge < -0.3 is 15.0 Å². The van der Waals surface area contributed by atoms with Gasteiger partial charge in [-0.15, -0.1) is 0 Å². The van der Waals surface area contributed by atoms with E-state index < -0.39 is 0 Å². The molecule has 1 unspecified atom stereocenters. The summed E-state index contributed by atoms with van der Waals surface area (Å²) >= 11 is 2.92. The Morgan fingerprint density at radius 2 is 2.25 bits per heavy atom. The van der Waals surface area contributed by atoms with Crippen LogP contribution in [0.15, 0.2) is 18.2 Å². The molecule has 2 aliphatic heterocycles. The Morgan fingerprint density at radius 1 is 1.42 bits per heavy atom. The molecular weight excluding hydrogens is 346 g/mol. The number of methoxy groups -OCH3 is 1. The van der Waals surface area contributed by atoms with Crippen molar-refractivity contribution in [2.24, 2.45) is 5.92 Å². The number of ether oxygens (including phenoxy) is 1. The van der Waals surface area contributed by atoms with Crippen LogP contribution in [0, 0.1) is 5.92 Å². The Kier molecular flexibility index (Phi) is 4.09. The van der Waals surface area contributed by atoms with E-state index in [1.54, 1.807) is 18.4 Å². The molecule has 0 spiro atoms. The summed E-state index contributed by atoms with van der Waals surface area (Å²) in [4.78, 5) is 30.6. The molecule has 2 fully saturated rings. The molecule has 2 aromatic rings. The average molecular weight is 363 g/mol. The van der Waals surface area contributed by atoms with Crippen LogP contribution < -0.4 is 15.0 Å². The number of hydrogen-bond acceptors (Lipinski definition) is 7. The minimum Gasteiger partial charge on any atom is -0.497 e. The molecule has 0 radical (unpaired) electrons. The van der Waals surface area contributed by atoms with Gasteiger partial charge in [-0.3, -0.25) is 9.59 Å². The fourth-order valence-electron chi connectivity index (χ4n) is 2.87. The molecule has 1 atom stereocenters. The zero-order valence-electron chi connectivity index (χ0n) is 13.2. The van der Waals surface area contributed by atoms with Crippen molar-refractivity contribution in [1.82, 2.24) is 10.3 Å². The van der Waals surface area contributed by atoms with Crippen molar-refractivity contribution in [2.75, 3.05) is 30.9 Å². The molecule has 126 valence electrons. The molecule has 1 aromatic carbocycles. The summed E-state index contributed by atoms with van der Waals surface area (Å²) in [7, 11) is 1.64. The normalized spacial score (nSPS) is 21.1. The quantitative estimate of drug-likeness (QED) is 0.894. The molecule has 1 aromatic heterocycles. The molecule has 3 heterocycles. The highest BCUT2D eigenvalue weighted by Crippen LogP contribution is 2.34. The van der Waals surface area contributed by atoms with Crippen LogP contribution in [-0.2, 0) is 9.59 Å². The largest absolute Gasteiger partial charge is 0.497 e. The van der Waals surface area contributed by atoms with E-state index in [1.807, 2.05) is 18.2 Å². The highest BCUT2D eigenvalue weighted by atomic mass is 32.2. The number of hydrogen-bond donors (Lipinski definition) is 1. The van der Waals surface area contributed by atoms with Crippen LogP contribution in [-0.4, -0.2) is 48.0 Å². The van der Waals surface area contributed by atoms with E-state index in [0.717, 1.165) is 33.3 Å². The van der Waals surface area contributed by atoms with Crippen LogP contribution in [0.1, 0.15) is 6.42 Å². The maximum Gasteiger partial charge on any atom is 0.227 e. The molecule has 1 N–H and O–H groups in total. The maximum atomic E-state index is 12.2. The zero-order chi connectivity index (χ0) is 16.7. The van der Waals surface area contributed by atoms with Crippen molar-refractivity contribution in [2.45, 2.75) is 12.5 Å². The monoisotopic (exact) mass is 363 g/mol. The molecule has 8 heteroatoms. The summed E-state index contributed by atoms with van der Waals surface area (Å²) in [6.07, 6.45) is 0.741. The first-order chi connectivity index (χ1) is 11.6. The average Bonchev–Trinajstić information content (AvgIpc) is 3.11. The van der Waals surface area contributed by atoms with Gasteiger partial charge in [0.05, 0.1) is 29.3 Å². The lowest BCUT2D eigenvalue weighted by atomic mass is 9.99. The van der Waals surface area contributed by atoms with Crippen LogP contribution in [0.3, 0.4) is 0 Å². The second kappa shape index (κ2) is 6.25. The van der Waals surface area contributed by atoms with Crippen molar-refractivity contribution in [1.29, 1.82) is 0 Å². The van der Waals surface area contributed by atoms with Crippen molar-refractivity contribution in [3.8, 4) is 5.75 Å². The maximum absolute atomic E-state index is 12.2. The molecule has 1 amide bonds. The number of anilines is 1. The number of fused-ring (bicyclic) bond motifs is 1. The van der Waals surface area contributed by atoms with Crippen LogP contribution in [0.2, 0.25) is 0 Å². The van der Waals surface area contributed by atoms with Crippen LogP contribution in [0.5, 0.6) is 5.75 Å². The van der Waals surface area contributed by atoms with Crippen molar-refractivity contribution in [3.63, 3.8) is 0 Å². The van der Waals surface area contributed by atoms with Crippen LogP contribution in [0.4, 0.5) is 5.13 Å². The van der Waals surface area contributed by atoms with Gasteiger partial charge in [0.2, 0.25) is 11.0 Å². The first-order valence-corrected chi connectivity index (χ1v) is 9.61. The molecule has 6 nitrogen and oxygen atoms in total. The third-order valence-electron chi connectivity index (χ3n) is 4.36. The van der Waals surface area contributed by atoms with Crippen LogP contribution in [0.25, 0.3) is 10.2 Å². The Bertz CT molecular complexity index is 801. The third-order valence-corrected chi connectivity index (χ3v) is 6.46. The highest BCUT2D eigenvalue weighted by Gasteiger charge is 2.37. The lowest BCUT2D eigenvalue weighted by Gasteiger charge is -2.38. The van der Waals surface area contributed by atoms with Crippen LogP contribution >= 0.6 is 23.1 Å². The number of amides is 1. The highest BCUT2D eigenvalue weighted by molar-refractivity contribution is 8.14. The second-order valence-corrected chi connectivity index (χ2v) is 8.06. The van der Waals surface area contributed by atoms with Gasteiger partial charge in [0.25, 0.3) is 0 Å². The first kappa shape index (κ1) is 15.7. The van der Waals surface area contributed by atoms with Gasteiger partial charge in [-0.25, -0.2) is 4.98 Å². The second-order valence-electron chi connectivity index (χ2n) is 5.95. The summed E-state index contributed by atoms with van der Waals surface area (Å²) in [5.41, 5.74) is 0.913. The molecule has 2 aliphatic rings.